The number of aromatic nitrogens is 2. The molecule has 0 amide bonds. The monoisotopic (exact) mass is 303 g/mol. The summed E-state index contributed by atoms with van der Waals surface area (Å²) in [6.45, 7) is 9.77. The Balaban J connectivity index is 1.75. The highest BCUT2D eigenvalue weighted by molar-refractivity contribution is 5.29. The van der Waals surface area contributed by atoms with E-state index < -0.39 is 0 Å². The fraction of sp³-hybridized carbons (Fsp3) is 0.588. The first-order valence-electron chi connectivity index (χ1n) is 7.88. The van der Waals surface area contributed by atoms with Crippen LogP contribution in [0.4, 0.5) is 0 Å². The molecule has 2 aromatic heterocycles. The van der Waals surface area contributed by atoms with Crippen molar-refractivity contribution in [1.29, 1.82) is 0 Å². The summed E-state index contributed by atoms with van der Waals surface area (Å²) < 4.78 is 13.5. The van der Waals surface area contributed by atoms with Crippen molar-refractivity contribution in [3.8, 4) is 0 Å². The summed E-state index contributed by atoms with van der Waals surface area (Å²) in [5, 5.41) is 8.16. The molecular formula is C17H25N3O2. The minimum absolute atomic E-state index is 0.0852. The molecule has 1 aliphatic heterocycles. The second kappa shape index (κ2) is 5.89. The Morgan fingerprint density at radius 1 is 1.32 bits per heavy atom. The lowest BCUT2D eigenvalue weighted by Gasteiger charge is -2.20. The van der Waals surface area contributed by atoms with Gasteiger partial charge in [-0.1, -0.05) is 0 Å². The molecule has 2 atom stereocenters. The fourth-order valence-corrected chi connectivity index (χ4v) is 3.38. The molecule has 3 heterocycles. The van der Waals surface area contributed by atoms with Crippen LogP contribution < -0.4 is 5.32 Å². The summed E-state index contributed by atoms with van der Waals surface area (Å²) in [7, 11) is 1.99. The van der Waals surface area contributed by atoms with Crippen LogP contribution in [-0.4, -0.2) is 22.4 Å². The van der Waals surface area contributed by atoms with E-state index in [9.17, 15) is 0 Å². The third-order valence-electron chi connectivity index (χ3n) is 4.64. The Labute approximate surface area is 131 Å². The Hall–Kier alpha value is -1.59. The van der Waals surface area contributed by atoms with Gasteiger partial charge >= 0.3 is 0 Å². The number of nitrogens with zero attached hydrogens (tertiary/aromatic N) is 2. The van der Waals surface area contributed by atoms with Crippen LogP contribution >= 0.6 is 0 Å². The van der Waals surface area contributed by atoms with Gasteiger partial charge in [0.25, 0.3) is 0 Å². The van der Waals surface area contributed by atoms with Crippen molar-refractivity contribution < 1.29 is 9.15 Å². The first-order valence-corrected chi connectivity index (χ1v) is 7.88. The van der Waals surface area contributed by atoms with Crippen LogP contribution in [0.1, 0.15) is 46.6 Å². The molecule has 120 valence electrons. The summed E-state index contributed by atoms with van der Waals surface area (Å²) in [6, 6.07) is 2.42. The number of hydrogen-bond acceptors (Lipinski definition) is 4. The molecular weight excluding hydrogens is 278 g/mol. The SMILES string of the molecule is Cc1cc(CN[C@H]2CCO[C@@H]2c2c(C)nn(C)c2C)c(C)o1. The highest BCUT2D eigenvalue weighted by Crippen LogP contribution is 2.33. The number of ether oxygens (including phenoxy) is 1. The van der Waals surface area contributed by atoms with E-state index >= 15 is 0 Å². The number of hydrogen-bond donors (Lipinski definition) is 1. The molecule has 22 heavy (non-hydrogen) atoms. The Morgan fingerprint density at radius 2 is 2.09 bits per heavy atom. The molecule has 1 aliphatic rings. The van der Waals surface area contributed by atoms with E-state index in [-0.39, 0.29) is 6.10 Å². The van der Waals surface area contributed by atoms with Crippen LogP contribution in [0.2, 0.25) is 0 Å². The van der Waals surface area contributed by atoms with E-state index in [1.165, 1.54) is 16.8 Å². The van der Waals surface area contributed by atoms with Crippen molar-refractivity contribution in [1.82, 2.24) is 15.1 Å². The summed E-state index contributed by atoms with van der Waals surface area (Å²) in [5.74, 6) is 1.96. The van der Waals surface area contributed by atoms with Crippen molar-refractivity contribution in [2.24, 2.45) is 7.05 Å². The smallest absolute Gasteiger partial charge is 0.105 e. The molecule has 0 aliphatic carbocycles. The predicted octanol–water partition coefficient (Wildman–Crippen LogP) is 2.87. The van der Waals surface area contributed by atoms with Gasteiger partial charge in [0.2, 0.25) is 0 Å². The zero-order valence-electron chi connectivity index (χ0n) is 14.1. The molecule has 3 rings (SSSR count). The normalized spacial score (nSPS) is 21.7. The van der Waals surface area contributed by atoms with Gasteiger partial charge in [0.05, 0.1) is 5.69 Å². The molecule has 0 radical (unpaired) electrons. The third kappa shape index (κ3) is 2.71. The van der Waals surface area contributed by atoms with Gasteiger partial charge in [-0.25, -0.2) is 0 Å². The topological polar surface area (TPSA) is 52.2 Å². The van der Waals surface area contributed by atoms with Crippen LogP contribution in [0, 0.1) is 27.7 Å². The van der Waals surface area contributed by atoms with Crippen molar-refractivity contribution in [3.63, 3.8) is 0 Å². The molecule has 5 heteroatoms. The Bertz CT molecular complexity index is 672. The van der Waals surface area contributed by atoms with Crippen LogP contribution in [0.15, 0.2) is 10.5 Å². The number of aryl methyl sites for hydroxylation is 4. The summed E-state index contributed by atoms with van der Waals surface area (Å²) in [4.78, 5) is 0. The maximum atomic E-state index is 6.01. The van der Waals surface area contributed by atoms with Crippen LogP contribution in [-0.2, 0) is 18.3 Å². The van der Waals surface area contributed by atoms with Gasteiger partial charge in [0.15, 0.2) is 0 Å². The van der Waals surface area contributed by atoms with Crippen molar-refractivity contribution >= 4 is 0 Å². The van der Waals surface area contributed by atoms with E-state index in [2.05, 4.69) is 30.3 Å². The summed E-state index contributed by atoms with van der Waals surface area (Å²) in [5.41, 5.74) is 4.71. The lowest BCUT2D eigenvalue weighted by atomic mass is 10.00. The summed E-state index contributed by atoms with van der Waals surface area (Å²) >= 11 is 0. The minimum atomic E-state index is 0.0852. The molecule has 2 aromatic rings. The maximum Gasteiger partial charge on any atom is 0.105 e. The van der Waals surface area contributed by atoms with E-state index in [1.54, 1.807) is 0 Å². The van der Waals surface area contributed by atoms with Gasteiger partial charge in [0.1, 0.15) is 17.6 Å². The standard InChI is InChI=1S/C17H25N3O2/c1-10-8-14(13(4)22-10)9-18-15-6-7-21-17(15)16-11(2)19-20(5)12(16)3/h8,15,17-18H,6-7,9H2,1-5H3/t15-,17-/m0/s1. The van der Waals surface area contributed by atoms with Gasteiger partial charge in [-0.2, -0.15) is 5.10 Å². The van der Waals surface area contributed by atoms with Crippen LogP contribution in [0.25, 0.3) is 0 Å². The average molecular weight is 303 g/mol. The highest BCUT2D eigenvalue weighted by Gasteiger charge is 2.33. The summed E-state index contributed by atoms with van der Waals surface area (Å²) in [6.07, 6.45) is 1.11. The minimum Gasteiger partial charge on any atom is -0.466 e. The second-order valence-electron chi connectivity index (χ2n) is 6.21. The van der Waals surface area contributed by atoms with Crippen molar-refractivity contribution in [2.75, 3.05) is 6.61 Å². The van der Waals surface area contributed by atoms with Crippen molar-refractivity contribution in [3.05, 3.63) is 40.1 Å². The number of rotatable bonds is 4. The predicted molar refractivity (Wildman–Crippen MR) is 84.8 cm³/mol. The Morgan fingerprint density at radius 3 is 2.68 bits per heavy atom. The molecule has 1 N–H and O–H groups in total. The fourth-order valence-electron chi connectivity index (χ4n) is 3.38. The molecule has 5 nitrogen and oxygen atoms in total. The molecule has 1 fully saturated rings. The molecule has 0 aromatic carbocycles. The molecule has 0 saturated carbocycles. The largest absolute Gasteiger partial charge is 0.466 e. The van der Waals surface area contributed by atoms with E-state index in [1.807, 2.05) is 25.6 Å². The molecule has 0 unspecified atom stereocenters. The zero-order chi connectivity index (χ0) is 15.9. The highest BCUT2D eigenvalue weighted by atomic mass is 16.5. The quantitative estimate of drug-likeness (QED) is 0.943. The third-order valence-corrected chi connectivity index (χ3v) is 4.64. The first-order chi connectivity index (χ1) is 10.5. The molecule has 0 spiro atoms. The van der Waals surface area contributed by atoms with Gasteiger partial charge in [0, 0.05) is 43.1 Å². The van der Waals surface area contributed by atoms with Gasteiger partial charge in [-0.05, 0) is 40.2 Å². The van der Waals surface area contributed by atoms with Crippen LogP contribution in [0.3, 0.4) is 0 Å². The Kier molecular flexibility index (Phi) is 4.10. The number of nitrogens with one attached hydrogen (secondary N) is 1. The average Bonchev–Trinajstić information content (AvgIpc) is 3.09. The van der Waals surface area contributed by atoms with E-state index in [0.717, 1.165) is 36.8 Å². The first kappa shape index (κ1) is 15.3. The van der Waals surface area contributed by atoms with Crippen molar-refractivity contribution in [2.45, 2.75) is 52.8 Å². The van der Waals surface area contributed by atoms with Gasteiger partial charge in [-0.3, -0.25) is 4.68 Å². The van der Waals surface area contributed by atoms with Crippen LogP contribution in [0.5, 0.6) is 0 Å². The maximum absolute atomic E-state index is 6.01. The zero-order valence-corrected chi connectivity index (χ0v) is 14.1. The lowest BCUT2D eigenvalue weighted by Crippen LogP contribution is -2.31. The second-order valence-corrected chi connectivity index (χ2v) is 6.21. The molecule has 0 bridgehead atoms. The lowest BCUT2D eigenvalue weighted by molar-refractivity contribution is 0.0974. The number of furan rings is 1. The van der Waals surface area contributed by atoms with Gasteiger partial charge < -0.3 is 14.5 Å². The van der Waals surface area contributed by atoms with Gasteiger partial charge in [-0.15, -0.1) is 0 Å². The van der Waals surface area contributed by atoms with E-state index in [4.69, 9.17) is 9.15 Å². The molecule has 1 saturated heterocycles. The van der Waals surface area contributed by atoms with E-state index in [0.29, 0.717) is 6.04 Å².